The highest BCUT2D eigenvalue weighted by molar-refractivity contribution is 9.10. The molecule has 1 fully saturated rings. The van der Waals surface area contributed by atoms with E-state index in [0.717, 1.165) is 12.8 Å². The number of benzene rings is 1. The molecule has 1 amide bonds. The summed E-state index contributed by atoms with van der Waals surface area (Å²) in [7, 11) is 0. The molecule has 0 unspecified atom stereocenters. The monoisotopic (exact) mass is 386 g/mol. The van der Waals surface area contributed by atoms with E-state index in [2.05, 4.69) is 15.9 Å². The molecule has 0 aromatic heterocycles. The van der Waals surface area contributed by atoms with Crippen LogP contribution in [0.4, 0.5) is 4.39 Å². The average molecular weight is 387 g/mol. The fraction of sp³-hybridized carbons (Fsp3) is 0.500. The Hall–Kier alpha value is -1.47. The lowest BCUT2D eigenvalue weighted by Gasteiger charge is -2.37. The van der Waals surface area contributed by atoms with Crippen LogP contribution in [0.15, 0.2) is 22.7 Å². The number of hydrogen-bond acceptors (Lipinski definition) is 3. The number of likely N-dealkylation sites (N-methyl/N-ethyl adjacent to an activating group) is 1. The predicted octanol–water partition coefficient (Wildman–Crippen LogP) is 2.60. The van der Waals surface area contributed by atoms with Gasteiger partial charge in [-0.1, -0.05) is 22.9 Å². The van der Waals surface area contributed by atoms with Gasteiger partial charge in [-0.25, -0.2) is 4.39 Å². The summed E-state index contributed by atoms with van der Waals surface area (Å²) < 4.78 is 14.0. The number of carboxylic acids is 1. The second-order valence-corrected chi connectivity index (χ2v) is 6.55. The SMILES string of the molecule is CCN(CC(=O)O)C1CCN(C(=O)c2cc(F)cc(Br)c2)CC1. The number of rotatable bonds is 5. The first-order chi connectivity index (χ1) is 10.9. The molecule has 1 aliphatic rings. The Bertz CT molecular complexity index is 568. The van der Waals surface area contributed by atoms with Crippen LogP contribution in [-0.4, -0.2) is 59.0 Å². The third kappa shape index (κ3) is 4.75. The fourth-order valence-electron chi connectivity index (χ4n) is 2.97. The van der Waals surface area contributed by atoms with Crippen molar-refractivity contribution >= 4 is 27.8 Å². The number of aliphatic carboxylic acids is 1. The Morgan fingerprint density at radius 3 is 2.52 bits per heavy atom. The molecule has 0 bridgehead atoms. The van der Waals surface area contributed by atoms with Crippen LogP contribution in [0.2, 0.25) is 0 Å². The van der Waals surface area contributed by atoms with Gasteiger partial charge < -0.3 is 10.0 Å². The number of hydrogen-bond donors (Lipinski definition) is 1. The molecule has 7 heteroatoms. The van der Waals surface area contributed by atoms with Crippen LogP contribution in [-0.2, 0) is 4.79 Å². The highest BCUT2D eigenvalue weighted by Crippen LogP contribution is 2.21. The molecule has 0 atom stereocenters. The first-order valence-electron chi connectivity index (χ1n) is 7.62. The molecule has 23 heavy (non-hydrogen) atoms. The summed E-state index contributed by atoms with van der Waals surface area (Å²) in [4.78, 5) is 27.0. The fourth-order valence-corrected chi connectivity index (χ4v) is 3.43. The van der Waals surface area contributed by atoms with E-state index >= 15 is 0 Å². The third-order valence-corrected chi connectivity index (χ3v) is 4.58. The van der Waals surface area contributed by atoms with Crippen molar-refractivity contribution < 1.29 is 19.1 Å². The first-order valence-corrected chi connectivity index (χ1v) is 8.41. The normalized spacial score (nSPS) is 15.9. The average Bonchev–Trinajstić information content (AvgIpc) is 2.51. The Morgan fingerprint density at radius 1 is 1.35 bits per heavy atom. The van der Waals surface area contributed by atoms with E-state index in [1.165, 1.54) is 12.1 Å². The van der Waals surface area contributed by atoms with Crippen molar-refractivity contribution in [2.45, 2.75) is 25.8 Å². The zero-order valence-corrected chi connectivity index (χ0v) is 14.6. The molecule has 0 radical (unpaired) electrons. The highest BCUT2D eigenvalue weighted by atomic mass is 79.9. The van der Waals surface area contributed by atoms with Crippen LogP contribution in [0.3, 0.4) is 0 Å². The number of carboxylic acid groups (broad SMARTS) is 1. The van der Waals surface area contributed by atoms with E-state index in [9.17, 15) is 14.0 Å². The summed E-state index contributed by atoms with van der Waals surface area (Å²) in [5, 5.41) is 8.94. The molecule has 0 aliphatic carbocycles. The maximum absolute atomic E-state index is 13.4. The number of amides is 1. The minimum atomic E-state index is -0.838. The highest BCUT2D eigenvalue weighted by Gasteiger charge is 2.27. The third-order valence-electron chi connectivity index (χ3n) is 4.12. The minimum absolute atomic E-state index is 0.0198. The topological polar surface area (TPSA) is 60.9 Å². The number of piperidine rings is 1. The number of likely N-dealkylation sites (tertiary alicyclic amines) is 1. The lowest BCUT2D eigenvalue weighted by Crippen LogP contribution is -2.48. The molecule has 1 heterocycles. The summed E-state index contributed by atoms with van der Waals surface area (Å²) in [6, 6.07) is 4.33. The minimum Gasteiger partial charge on any atom is -0.480 e. The Kier molecular flexibility index (Phi) is 6.12. The lowest BCUT2D eigenvalue weighted by atomic mass is 10.0. The van der Waals surface area contributed by atoms with Crippen molar-refractivity contribution in [3.8, 4) is 0 Å². The predicted molar refractivity (Wildman–Crippen MR) is 87.9 cm³/mol. The van der Waals surface area contributed by atoms with Crippen molar-refractivity contribution in [3.63, 3.8) is 0 Å². The van der Waals surface area contributed by atoms with Gasteiger partial charge in [-0.05, 0) is 37.6 Å². The zero-order chi connectivity index (χ0) is 17.0. The van der Waals surface area contributed by atoms with E-state index in [1.54, 1.807) is 11.0 Å². The van der Waals surface area contributed by atoms with E-state index in [-0.39, 0.29) is 18.5 Å². The molecule has 126 valence electrons. The standard InChI is InChI=1S/C16H20BrFN2O3/c1-2-19(10-15(21)22)14-3-5-20(6-4-14)16(23)11-7-12(17)9-13(18)8-11/h7-9,14H,2-6,10H2,1H3,(H,21,22). The van der Waals surface area contributed by atoms with E-state index in [0.29, 0.717) is 29.7 Å². The van der Waals surface area contributed by atoms with Gasteiger partial charge >= 0.3 is 5.97 Å². The molecule has 5 nitrogen and oxygen atoms in total. The second-order valence-electron chi connectivity index (χ2n) is 5.64. The molecule has 2 rings (SSSR count). The van der Waals surface area contributed by atoms with Gasteiger partial charge in [0.15, 0.2) is 0 Å². The summed E-state index contributed by atoms with van der Waals surface area (Å²) in [6.07, 6.45) is 1.45. The zero-order valence-electron chi connectivity index (χ0n) is 13.0. The quantitative estimate of drug-likeness (QED) is 0.844. The van der Waals surface area contributed by atoms with Gasteiger partial charge in [0.2, 0.25) is 0 Å². The van der Waals surface area contributed by atoms with Gasteiger partial charge in [0.25, 0.3) is 5.91 Å². The number of nitrogens with zero attached hydrogens (tertiary/aromatic N) is 2. The van der Waals surface area contributed by atoms with E-state index < -0.39 is 11.8 Å². The number of carbonyl (C=O) groups is 2. The molecule has 0 saturated carbocycles. The molecule has 1 aliphatic heterocycles. The lowest BCUT2D eigenvalue weighted by molar-refractivity contribution is -0.139. The van der Waals surface area contributed by atoms with Crippen molar-refractivity contribution in [1.82, 2.24) is 9.80 Å². The maximum Gasteiger partial charge on any atom is 0.317 e. The second kappa shape index (κ2) is 7.88. The van der Waals surface area contributed by atoms with Gasteiger partial charge in [-0.2, -0.15) is 0 Å². The van der Waals surface area contributed by atoms with Crippen molar-refractivity contribution in [2.24, 2.45) is 0 Å². The van der Waals surface area contributed by atoms with Crippen LogP contribution in [0.25, 0.3) is 0 Å². The first kappa shape index (κ1) is 17.9. The van der Waals surface area contributed by atoms with Gasteiger partial charge in [0.1, 0.15) is 5.82 Å². The molecule has 1 aromatic carbocycles. The number of carbonyl (C=O) groups excluding carboxylic acids is 1. The van der Waals surface area contributed by atoms with E-state index in [1.807, 2.05) is 11.8 Å². The van der Waals surface area contributed by atoms with Crippen molar-refractivity contribution in [3.05, 3.63) is 34.1 Å². The summed E-state index contributed by atoms with van der Waals surface area (Å²) in [5.74, 6) is -1.48. The largest absolute Gasteiger partial charge is 0.480 e. The van der Waals surface area contributed by atoms with Crippen molar-refractivity contribution in [1.29, 1.82) is 0 Å². The Balaban J connectivity index is 1.98. The molecule has 1 N–H and O–H groups in total. The van der Waals surface area contributed by atoms with Crippen LogP contribution < -0.4 is 0 Å². The van der Waals surface area contributed by atoms with E-state index in [4.69, 9.17) is 5.11 Å². The molecular weight excluding hydrogens is 367 g/mol. The van der Waals surface area contributed by atoms with Gasteiger partial charge in [0.05, 0.1) is 6.54 Å². The van der Waals surface area contributed by atoms with Crippen LogP contribution >= 0.6 is 15.9 Å². The summed E-state index contributed by atoms with van der Waals surface area (Å²) in [5.41, 5.74) is 0.327. The Labute approximate surface area is 143 Å². The maximum atomic E-state index is 13.4. The van der Waals surface area contributed by atoms with Crippen LogP contribution in [0.1, 0.15) is 30.1 Å². The van der Waals surface area contributed by atoms with Gasteiger partial charge in [-0.3, -0.25) is 14.5 Å². The summed E-state index contributed by atoms with van der Waals surface area (Å²) in [6.45, 7) is 3.72. The smallest absolute Gasteiger partial charge is 0.317 e. The van der Waals surface area contributed by atoms with Crippen molar-refractivity contribution in [2.75, 3.05) is 26.2 Å². The van der Waals surface area contributed by atoms with Crippen LogP contribution in [0.5, 0.6) is 0 Å². The summed E-state index contributed by atoms with van der Waals surface area (Å²) >= 11 is 3.19. The van der Waals surface area contributed by atoms with Gasteiger partial charge in [-0.15, -0.1) is 0 Å². The molecule has 1 aromatic rings. The Morgan fingerprint density at radius 2 is 2.00 bits per heavy atom. The molecule has 1 saturated heterocycles. The van der Waals surface area contributed by atoms with Gasteiger partial charge in [0, 0.05) is 29.2 Å². The molecular formula is C16H20BrFN2O3. The molecule has 0 spiro atoms. The number of halogens is 2. The van der Waals surface area contributed by atoms with Crippen LogP contribution in [0, 0.1) is 5.82 Å².